The van der Waals surface area contributed by atoms with Crippen LogP contribution in [0.15, 0.2) is 23.2 Å². The molecule has 2 aliphatic heterocycles. The van der Waals surface area contributed by atoms with Crippen molar-refractivity contribution in [1.82, 2.24) is 20.4 Å². The number of guanidine groups is 1. The normalized spacial score (nSPS) is 16.4. The van der Waals surface area contributed by atoms with Crippen molar-refractivity contribution in [2.75, 3.05) is 59.7 Å². The van der Waals surface area contributed by atoms with Crippen molar-refractivity contribution in [3.05, 3.63) is 23.8 Å². The van der Waals surface area contributed by atoms with Gasteiger partial charge < -0.3 is 29.7 Å². The molecule has 2 N–H and O–H groups in total. The predicted octanol–water partition coefficient (Wildman–Crippen LogP) is 2.29. The molecule has 0 aliphatic carbocycles. The Morgan fingerprint density at radius 2 is 1.78 bits per heavy atom. The number of benzene rings is 1. The lowest BCUT2D eigenvalue weighted by Crippen LogP contribution is -2.51. The molecule has 10 heteroatoms. The average molecular weight is 561 g/mol. The molecule has 2 aliphatic rings. The van der Waals surface area contributed by atoms with Gasteiger partial charge in [-0.1, -0.05) is 6.07 Å². The molecule has 0 saturated carbocycles. The van der Waals surface area contributed by atoms with Gasteiger partial charge in [-0.3, -0.25) is 9.89 Å². The van der Waals surface area contributed by atoms with Gasteiger partial charge in [-0.15, -0.1) is 24.0 Å². The maximum Gasteiger partial charge on any atom is 0.410 e. The number of ether oxygens (including phenoxy) is 3. The number of halogens is 1. The van der Waals surface area contributed by atoms with Crippen molar-refractivity contribution >= 4 is 36.0 Å². The van der Waals surface area contributed by atoms with Crippen LogP contribution in [-0.4, -0.2) is 87.1 Å². The minimum Gasteiger partial charge on any atom is -0.454 e. The van der Waals surface area contributed by atoms with Crippen molar-refractivity contribution in [2.45, 2.75) is 32.8 Å². The van der Waals surface area contributed by atoms with Gasteiger partial charge >= 0.3 is 6.09 Å². The van der Waals surface area contributed by atoms with Crippen molar-refractivity contribution in [2.24, 2.45) is 4.99 Å². The summed E-state index contributed by atoms with van der Waals surface area (Å²) in [5.41, 5.74) is 0.735. The summed E-state index contributed by atoms with van der Waals surface area (Å²) >= 11 is 0. The van der Waals surface area contributed by atoms with Crippen LogP contribution >= 0.6 is 24.0 Å². The number of fused-ring (bicyclic) bond motifs is 1. The molecule has 1 aromatic rings. The smallest absolute Gasteiger partial charge is 0.410 e. The summed E-state index contributed by atoms with van der Waals surface area (Å²) < 4.78 is 16.2. The zero-order valence-corrected chi connectivity index (χ0v) is 21.8. The lowest BCUT2D eigenvalue weighted by molar-refractivity contribution is 0.0147. The highest BCUT2D eigenvalue weighted by atomic mass is 127. The monoisotopic (exact) mass is 561 g/mol. The van der Waals surface area contributed by atoms with E-state index in [1.54, 1.807) is 11.9 Å². The highest BCUT2D eigenvalue weighted by Gasteiger charge is 2.25. The Morgan fingerprint density at radius 3 is 2.47 bits per heavy atom. The molecule has 32 heavy (non-hydrogen) atoms. The Labute approximate surface area is 207 Å². The maximum absolute atomic E-state index is 12.2. The molecule has 1 saturated heterocycles. The molecule has 3 rings (SSSR count). The van der Waals surface area contributed by atoms with Gasteiger partial charge in [0, 0.05) is 52.9 Å². The molecule has 180 valence electrons. The van der Waals surface area contributed by atoms with Gasteiger partial charge in [0.15, 0.2) is 17.5 Å². The van der Waals surface area contributed by atoms with Crippen molar-refractivity contribution < 1.29 is 19.0 Å². The fourth-order valence-electron chi connectivity index (χ4n) is 3.46. The van der Waals surface area contributed by atoms with E-state index in [9.17, 15) is 4.79 Å². The predicted molar refractivity (Wildman–Crippen MR) is 135 cm³/mol. The fraction of sp³-hybridized carbons (Fsp3) is 0.636. The van der Waals surface area contributed by atoms with Crippen molar-refractivity contribution in [1.29, 1.82) is 0 Å². The van der Waals surface area contributed by atoms with E-state index in [1.165, 1.54) is 5.56 Å². The molecule has 0 aromatic heterocycles. The first-order chi connectivity index (χ1) is 14.8. The quantitative estimate of drug-likeness (QED) is 0.313. The first kappa shape index (κ1) is 26.3. The fourth-order valence-corrected chi connectivity index (χ4v) is 3.46. The Kier molecular flexibility index (Phi) is 10.1. The van der Waals surface area contributed by atoms with Gasteiger partial charge in [0.1, 0.15) is 5.60 Å². The number of piperazine rings is 1. The zero-order chi connectivity index (χ0) is 22.3. The minimum atomic E-state index is -0.455. The summed E-state index contributed by atoms with van der Waals surface area (Å²) in [5, 5.41) is 6.70. The van der Waals surface area contributed by atoms with Gasteiger partial charge in [0.25, 0.3) is 0 Å². The van der Waals surface area contributed by atoms with E-state index in [1.807, 2.05) is 32.9 Å². The summed E-state index contributed by atoms with van der Waals surface area (Å²) in [7, 11) is 1.77. The number of hydrogen-bond donors (Lipinski definition) is 2. The van der Waals surface area contributed by atoms with E-state index < -0.39 is 5.60 Å². The van der Waals surface area contributed by atoms with Crippen LogP contribution in [0.3, 0.4) is 0 Å². The third-order valence-electron chi connectivity index (χ3n) is 5.11. The number of carbonyl (C=O) groups is 1. The molecule has 2 heterocycles. The standard InChI is InChI=1S/C22H35N5O4.HI/c1-22(2,3)31-21(28)27-13-11-26(12-14-27)10-9-25-20(23-4)24-8-7-17-5-6-18-19(15-17)30-16-29-18;/h5-6,15H,7-14,16H2,1-4H3,(H2,23,24,25);1H. The number of nitrogens with zero attached hydrogens (tertiary/aromatic N) is 3. The Balaban J connectivity index is 0.00000363. The third kappa shape index (κ3) is 8.19. The van der Waals surface area contributed by atoms with Crippen LogP contribution in [0.5, 0.6) is 11.5 Å². The molecular weight excluding hydrogens is 525 g/mol. The van der Waals surface area contributed by atoms with E-state index in [0.29, 0.717) is 19.9 Å². The second kappa shape index (κ2) is 12.3. The SMILES string of the molecule is CN=C(NCCc1ccc2c(c1)OCO2)NCCN1CCN(C(=O)OC(C)(C)C)CC1.I. The third-order valence-corrected chi connectivity index (χ3v) is 5.11. The summed E-state index contributed by atoms with van der Waals surface area (Å²) in [6, 6.07) is 6.03. The maximum atomic E-state index is 12.2. The largest absolute Gasteiger partial charge is 0.454 e. The van der Waals surface area contributed by atoms with E-state index in [4.69, 9.17) is 14.2 Å². The molecule has 0 unspecified atom stereocenters. The van der Waals surface area contributed by atoms with Gasteiger partial charge in [-0.05, 0) is 44.9 Å². The molecular formula is C22H36IN5O4. The first-order valence-electron chi connectivity index (χ1n) is 10.9. The van der Waals surface area contributed by atoms with E-state index in [-0.39, 0.29) is 30.1 Å². The number of aliphatic imine (C=N–C) groups is 1. The Hall–Kier alpha value is -1.95. The van der Waals surface area contributed by atoms with Gasteiger partial charge in [-0.2, -0.15) is 0 Å². The number of rotatable bonds is 6. The van der Waals surface area contributed by atoms with Crippen LogP contribution in [0.4, 0.5) is 4.79 Å². The number of nitrogens with one attached hydrogen (secondary N) is 2. The van der Waals surface area contributed by atoms with Crippen LogP contribution < -0.4 is 20.1 Å². The zero-order valence-electron chi connectivity index (χ0n) is 19.5. The van der Waals surface area contributed by atoms with Crippen molar-refractivity contribution in [3.63, 3.8) is 0 Å². The number of hydrogen-bond acceptors (Lipinski definition) is 6. The summed E-state index contributed by atoms with van der Waals surface area (Å²) in [5.74, 6) is 2.40. The molecule has 1 fully saturated rings. The van der Waals surface area contributed by atoms with Crippen molar-refractivity contribution in [3.8, 4) is 11.5 Å². The summed E-state index contributed by atoms with van der Waals surface area (Å²) in [6.07, 6.45) is 0.640. The number of carbonyl (C=O) groups excluding carboxylic acids is 1. The second-order valence-electron chi connectivity index (χ2n) is 8.67. The molecule has 0 spiro atoms. The van der Waals surface area contributed by atoms with E-state index in [2.05, 4.69) is 26.6 Å². The molecule has 0 atom stereocenters. The lowest BCUT2D eigenvalue weighted by Gasteiger charge is -2.35. The molecule has 0 bridgehead atoms. The topological polar surface area (TPSA) is 87.7 Å². The average Bonchev–Trinajstić information content (AvgIpc) is 3.20. The van der Waals surface area contributed by atoms with Crippen LogP contribution in [-0.2, 0) is 11.2 Å². The molecule has 9 nitrogen and oxygen atoms in total. The van der Waals surface area contributed by atoms with Gasteiger partial charge in [-0.25, -0.2) is 4.79 Å². The second-order valence-corrected chi connectivity index (χ2v) is 8.67. The van der Waals surface area contributed by atoms with Crippen LogP contribution in [0.1, 0.15) is 26.3 Å². The summed E-state index contributed by atoms with van der Waals surface area (Å²) in [4.78, 5) is 20.6. The Bertz CT molecular complexity index is 776. The van der Waals surface area contributed by atoms with Gasteiger partial charge in [0.2, 0.25) is 6.79 Å². The van der Waals surface area contributed by atoms with E-state index >= 15 is 0 Å². The number of amides is 1. The molecule has 1 aromatic carbocycles. The van der Waals surface area contributed by atoms with Crippen LogP contribution in [0.25, 0.3) is 0 Å². The minimum absolute atomic E-state index is 0. The Morgan fingerprint density at radius 1 is 1.09 bits per heavy atom. The summed E-state index contributed by atoms with van der Waals surface area (Å²) in [6.45, 7) is 11.5. The first-order valence-corrected chi connectivity index (χ1v) is 10.9. The van der Waals surface area contributed by atoms with E-state index in [0.717, 1.165) is 56.6 Å². The highest BCUT2D eigenvalue weighted by Crippen LogP contribution is 2.32. The molecule has 0 radical (unpaired) electrons. The van der Waals surface area contributed by atoms with Crippen LogP contribution in [0.2, 0.25) is 0 Å². The lowest BCUT2D eigenvalue weighted by atomic mass is 10.1. The van der Waals surface area contributed by atoms with Crippen LogP contribution in [0, 0.1) is 0 Å². The highest BCUT2D eigenvalue weighted by molar-refractivity contribution is 14.0. The molecule has 1 amide bonds. The van der Waals surface area contributed by atoms with Gasteiger partial charge in [0.05, 0.1) is 0 Å².